The second-order valence-corrected chi connectivity index (χ2v) is 7.54. The lowest BCUT2D eigenvalue weighted by Crippen LogP contribution is -2.24. The zero-order valence-electron chi connectivity index (χ0n) is 17.8. The summed E-state index contributed by atoms with van der Waals surface area (Å²) in [7, 11) is 0. The van der Waals surface area contributed by atoms with Crippen molar-refractivity contribution in [2.45, 2.75) is 25.6 Å². The highest BCUT2D eigenvalue weighted by Gasteiger charge is 2.35. The van der Waals surface area contributed by atoms with Crippen LogP contribution in [0.15, 0.2) is 52.9 Å². The van der Waals surface area contributed by atoms with Crippen LogP contribution in [0.3, 0.4) is 0 Å². The average molecular weight is 476 g/mol. The number of anilines is 2. The minimum absolute atomic E-state index is 0.0624. The fraction of sp³-hybridized carbons (Fsp3) is 0.273. The van der Waals surface area contributed by atoms with Crippen LogP contribution in [0, 0.1) is 6.92 Å². The highest BCUT2D eigenvalue weighted by atomic mass is 19.4. The molecule has 4 rings (SSSR count). The molecule has 1 saturated heterocycles. The fourth-order valence-corrected chi connectivity index (χ4v) is 3.34. The number of nitrogens with zero attached hydrogens (tertiary/aromatic N) is 3. The van der Waals surface area contributed by atoms with Crippen LogP contribution in [0.25, 0.3) is 0 Å². The average Bonchev–Trinajstić information content (AvgIpc) is 3.39. The van der Waals surface area contributed by atoms with Crippen molar-refractivity contribution in [1.29, 1.82) is 0 Å². The lowest BCUT2D eigenvalue weighted by molar-refractivity contribution is -0.274. The SMILES string of the molecule is Cc1ccc(OCC(=O)Nc2nnc([C@H]3CC(=O)N(c4ccc(OC(F)(F)F)cc4)C3)o2)cc1. The molecule has 0 spiro atoms. The van der Waals surface area contributed by atoms with Gasteiger partial charge in [-0.25, -0.2) is 0 Å². The predicted molar refractivity (Wildman–Crippen MR) is 112 cm³/mol. The number of ether oxygens (including phenoxy) is 2. The highest BCUT2D eigenvalue weighted by Crippen LogP contribution is 2.33. The topological polar surface area (TPSA) is 107 Å². The van der Waals surface area contributed by atoms with Gasteiger partial charge in [0.15, 0.2) is 6.61 Å². The minimum atomic E-state index is -4.80. The number of aryl methyl sites for hydroxylation is 1. The van der Waals surface area contributed by atoms with E-state index >= 15 is 0 Å². The quantitative estimate of drug-likeness (QED) is 0.553. The van der Waals surface area contributed by atoms with Crippen LogP contribution in [0.1, 0.15) is 23.8 Å². The molecule has 1 fully saturated rings. The Hall–Kier alpha value is -4.09. The maximum Gasteiger partial charge on any atom is 0.573 e. The number of amides is 2. The Morgan fingerprint density at radius 3 is 2.47 bits per heavy atom. The Balaban J connectivity index is 1.32. The molecular weight excluding hydrogens is 457 g/mol. The molecule has 0 radical (unpaired) electrons. The van der Waals surface area contributed by atoms with E-state index in [0.717, 1.165) is 17.7 Å². The van der Waals surface area contributed by atoms with E-state index < -0.39 is 18.2 Å². The molecule has 9 nitrogen and oxygen atoms in total. The Bertz CT molecular complexity index is 1160. The summed E-state index contributed by atoms with van der Waals surface area (Å²) in [5.74, 6) is -0.897. The first-order valence-corrected chi connectivity index (χ1v) is 10.2. The number of halogens is 3. The van der Waals surface area contributed by atoms with Crippen molar-refractivity contribution in [2.75, 3.05) is 23.4 Å². The van der Waals surface area contributed by atoms with E-state index in [2.05, 4.69) is 20.3 Å². The van der Waals surface area contributed by atoms with Gasteiger partial charge in [-0.05, 0) is 43.3 Å². The molecule has 2 aromatic carbocycles. The molecule has 1 aliphatic rings. The van der Waals surface area contributed by atoms with Gasteiger partial charge in [-0.15, -0.1) is 18.3 Å². The molecule has 1 aliphatic heterocycles. The van der Waals surface area contributed by atoms with Gasteiger partial charge in [0, 0.05) is 18.7 Å². The van der Waals surface area contributed by atoms with Crippen molar-refractivity contribution in [3.05, 3.63) is 60.0 Å². The van der Waals surface area contributed by atoms with E-state index in [0.29, 0.717) is 11.4 Å². The summed E-state index contributed by atoms with van der Waals surface area (Å²) in [6.07, 6.45) is -4.74. The number of carbonyl (C=O) groups excluding carboxylic acids is 2. The van der Waals surface area contributed by atoms with Crippen LogP contribution in [-0.4, -0.2) is 41.5 Å². The monoisotopic (exact) mass is 476 g/mol. The van der Waals surface area contributed by atoms with E-state index in [9.17, 15) is 22.8 Å². The molecular formula is C22H19F3N4O5. The Kier molecular flexibility index (Phi) is 6.39. The minimum Gasteiger partial charge on any atom is -0.484 e. The largest absolute Gasteiger partial charge is 0.573 e. The van der Waals surface area contributed by atoms with E-state index in [-0.39, 0.29) is 43.1 Å². The van der Waals surface area contributed by atoms with Gasteiger partial charge in [0.25, 0.3) is 5.91 Å². The molecule has 178 valence electrons. The van der Waals surface area contributed by atoms with Crippen LogP contribution < -0.4 is 19.7 Å². The highest BCUT2D eigenvalue weighted by molar-refractivity contribution is 5.96. The van der Waals surface area contributed by atoms with Gasteiger partial charge in [0.2, 0.25) is 11.8 Å². The molecule has 2 heterocycles. The van der Waals surface area contributed by atoms with Gasteiger partial charge in [-0.1, -0.05) is 22.8 Å². The third-order valence-electron chi connectivity index (χ3n) is 4.93. The van der Waals surface area contributed by atoms with Gasteiger partial charge in [-0.3, -0.25) is 14.9 Å². The number of benzene rings is 2. The molecule has 12 heteroatoms. The fourth-order valence-electron chi connectivity index (χ4n) is 3.34. The summed E-state index contributed by atoms with van der Waals surface area (Å²) in [5.41, 5.74) is 1.47. The van der Waals surface area contributed by atoms with Crippen molar-refractivity contribution in [1.82, 2.24) is 10.2 Å². The molecule has 34 heavy (non-hydrogen) atoms. The number of alkyl halides is 3. The first kappa shape index (κ1) is 23.1. The summed E-state index contributed by atoms with van der Waals surface area (Å²) in [6.45, 7) is 1.86. The molecule has 1 atom stereocenters. The lowest BCUT2D eigenvalue weighted by atomic mass is 10.1. The Labute approximate surface area is 191 Å². The van der Waals surface area contributed by atoms with Crippen LogP contribution >= 0.6 is 0 Å². The van der Waals surface area contributed by atoms with Gasteiger partial charge in [0.05, 0.1) is 5.92 Å². The summed E-state index contributed by atoms with van der Waals surface area (Å²) in [6, 6.07) is 12.0. The molecule has 3 aromatic rings. The van der Waals surface area contributed by atoms with Crippen molar-refractivity contribution in [3.8, 4) is 11.5 Å². The van der Waals surface area contributed by atoms with Crippen LogP contribution in [-0.2, 0) is 9.59 Å². The molecule has 2 amide bonds. The first-order valence-electron chi connectivity index (χ1n) is 10.2. The Morgan fingerprint density at radius 2 is 1.79 bits per heavy atom. The smallest absolute Gasteiger partial charge is 0.484 e. The van der Waals surface area contributed by atoms with Crippen molar-refractivity contribution < 1.29 is 36.7 Å². The van der Waals surface area contributed by atoms with Crippen molar-refractivity contribution in [3.63, 3.8) is 0 Å². The zero-order chi connectivity index (χ0) is 24.3. The molecule has 0 saturated carbocycles. The predicted octanol–water partition coefficient (Wildman–Crippen LogP) is 3.81. The second kappa shape index (κ2) is 9.41. The summed E-state index contributed by atoms with van der Waals surface area (Å²) >= 11 is 0. The lowest BCUT2D eigenvalue weighted by Gasteiger charge is -2.17. The van der Waals surface area contributed by atoms with Crippen molar-refractivity contribution in [2.24, 2.45) is 0 Å². The molecule has 0 bridgehead atoms. The number of aromatic nitrogens is 2. The third-order valence-corrected chi connectivity index (χ3v) is 4.93. The zero-order valence-corrected chi connectivity index (χ0v) is 17.8. The number of nitrogens with one attached hydrogen (secondary N) is 1. The molecule has 0 unspecified atom stereocenters. The maximum atomic E-state index is 12.4. The van der Waals surface area contributed by atoms with E-state index in [4.69, 9.17) is 9.15 Å². The Morgan fingerprint density at radius 1 is 1.12 bits per heavy atom. The van der Waals surface area contributed by atoms with E-state index in [1.807, 2.05) is 19.1 Å². The van der Waals surface area contributed by atoms with E-state index in [1.165, 1.54) is 17.0 Å². The van der Waals surface area contributed by atoms with Crippen LogP contribution in [0.5, 0.6) is 11.5 Å². The van der Waals surface area contributed by atoms with Crippen molar-refractivity contribution >= 4 is 23.5 Å². The first-order chi connectivity index (χ1) is 16.2. The summed E-state index contributed by atoms with van der Waals surface area (Å²) in [5, 5.41) is 10.1. The summed E-state index contributed by atoms with van der Waals surface area (Å²) in [4.78, 5) is 25.9. The number of carbonyl (C=O) groups is 2. The van der Waals surface area contributed by atoms with Gasteiger partial charge >= 0.3 is 12.4 Å². The van der Waals surface area contributed by atoms with Gasteiger partial charge in [0.1, 0.15) is 11.5 Å². The standard InChI is InChI=1S/C22H19F3N4O5/c1-13-2-6-16(7-3-13)32-12-18(30)26-21-28-27-20(33-21)14-10-19(31)29(11-14)15-4-8-17(9-5-15)34-22(23,24)25/h2-9,14H,10-12H2,1H3,(H,26,28,30)/t14-/m0/s1. The number of hydrogen-bond acceptors (Lipinski definition) is 7. The van der Waals surface area contributed by atoms with E-state index in [1.54, 1.807) is 12.1 Å². The maximum absolute atomic E-state index is 12.4. The third kappa shape index (κ3) is 5.82. The number of rotatable bonds is 7. The number of hydrogen-bond donors (Lipinski definition) is 1. The van der Waals surface area contributed by atoms with Crippen LogP contribution in [0.2, 0.25) is 0 Å². The van der Waals surface area contributed by atoms with Gasteiger partial charge in [-0.2, -0.15) is 0 Å². The molecule has 0 aliphatic carbocycles. The second-order valence-electron chi connectivity index (χ2n) is 7.54. The van der Waals surface area contributed by atoms with Crippen LogP contribution in [0.4, 0.5) is 24.9 Å². The molecule has 1 aromatic heterocycles. The molecule has 1 N–H and O–H groups in total. The van der Waals surface area contributed by atoms with Gasteiger partial charge < -0.3 is 18.8 Å². The summed E-state index contributed by atoms with van der Waals surface area (Å²) < 4.78 is 51.7. The normalized spacial score (nSPS) is 15.9.